The fourth-order valence-corrected chi connectivity index (χ4v) is 3.41. The van der Waals surface area contributed by atoms with Gasteiger partial charge in [0, 0.05) is 14.7 Å². The molecule has 0 bridgehead atoms. The van der Waals surface area contributed by atoms with E-state index in [4.69, 9.17) is 0 Å². The van der Waals surface area contributed by atoms with Crippen LogP contribution >= 0.6 is 0 Å². The van der Waals surface area contributed by atoms with Crippen LogP contribution in [0.1, 0.15) is 45.4 Å². The summed E-state index contributed by atoms with van der Waals surface area (Å²) in [5.41, 5.74) is 0.615. The van der Waals surface area contributed by atoms with E-state index in [1.807, 2.05) is 0 Å². The van der Waals surface area contributed by atoms with Crippen molar-refractivity contribution >= 4 is 8.07 Å². The number of hydrogen-bond donors (Lipinski definition) is 1. The molecular formula is C12H28OSi. The van der Waals surface area contributed by atoms with E-state index in [-0.39, 0.29) is 0 Å². The summed E-state index contributed by atoms with van der Waals surface area (Å²) in [5, 5.41) is 9.30. The molecule has 2 heteroatoms. The van der Waals surface area contributed by atoms with Crippen LogP contribution in [0.4, 0.5) is 0 Å². The van der Waals surface area contributed by atoms with Gasteiger partial charge >= 0.3 is 0 Å². The molecule has 0 heterocycles. The Kier molecular flexibility index (Phi) is 7.56. The lowest BCUT2D eigenvalue weighted by atomic mass is 10.1. The first-order valence-electron chi connectivity index (χ1n) is 6.13. The predicted octanol–water partition coefficient (Wildman–Crippen LogP) is 4.05. The van der Waals surface area contributed by atoms with Crippen LogP contribution in [0, 0.1) is 0 Å². The van der Waals surface area contributed by atoms with Crippen LogP contribution in [0.3, 0.4) is 0 Å². The van der Waals surface area contributed by atoms with Gasteiger partial charge in [-0.1, -0.05) is 65.1 Å². The Balaban J connectivity index is 3.54. The molecule has 86 valence electrons. The van der Waals surface area contributed by atoms with Gasteiger partial charge in [0.15, 0.2) is 0 Å². The van der Waals surface area contributed by atoms with Crippen molar-refractivity contribution in [3.8, 4) is 0 Å². The third-order valence-electron chi connectivity index (χ3n) is 3.10. The van der Waals surface area contributed by atoms with Crippen LogP contribution in [0.5, 0.6) is 0 Å². The van der Waals surface area contributed by atoms with Crippen LogP contribution in [0.15, 0.2) is 0 Å². The highest BCUT2D eigenvalue weighted by Gasteiger charge is 2.24. The Hall–Kier alpha value is 0.177. The fraction of sp³-hybridized carbons (Fsp3) is 1.00. The molecule has 0 aliphatic carbocycles. The highest BCUT2D eigenvalue weighted by atomic mass is 28.3. The first kappa shape index (κ1) is 14.2. The molecule has 0 saturated heterocycles. The van der Waals surface area contributed by atoms with E-state index in [0.29, 0.717) is 12.1 Å². The van der Waals surface area contributed by atoms with Crippen molar-refractivity contribution < 1.29 is 5.11 Å². The van der Waals surface area contributed by atoms with E-state index in [1.54, 1.807) is 0 Å². The van der Waals surface area contributed by atoms with Gasteiger partial charge in [0.05, 0.1) is 0 Å². The minimum atomic E-state index is -1.11. The highest BCUT2D eigenvalue weighted by Crippen LogP contribution is 2.27. The third-order valence-corrected chi connectivity index (χ3v) is 6.02. The van der Waals surface area contributed by atoms with E-state index in [9.17, 15) is 5.11 Å². The molecule has 0 aliphatic heterocycles. The normalized spacial score (nSPS) is 14.4. The maximum atomic E-state index is 9.30. The molecular weight excluding hydrogens is 188 g/mol. The summed E-state index contributed by atoms with van der Waals surface area (Å²) >= 11 is 0. The first-order chi connectivity index (χ1) is 6.52. The molecule has 14 heavy (non-hydrogen) atoms. The maximum Gasteiger partial charge on any atom is 0.0500 e. The maximum absolute atomic E-state index is 9.30. The number of hydrogen-bond acceptors (Lipinski definition) is 1. The molecule has 1 atom stereocenters. The van der Waals surface area contributed by atoms with Gasteiger partial charge in [0.2, 0.25) is 0 Å². The van der Waals surface area contributed by atoms with E-state index < -0.39 is 8.07 Å². The average Bonchev–Trinajstić information content (AvgIpc) is 2.09. The summed E-state index contributed by atoms with van der Waals surface area (Å²) in [6, 6.07) is 0. The van der Waals surface area contributed by atoms with Gasteiger partial charge in [-0.2, -0.15) is 0 Å². The van der Waals surface area contributed by atoms with Crippen molar-refractivity contribution in [2.45, 2.75) is 70.6 Å². The molecule has 0 aromatic carbocycles. The van der Waals surface area contributed by atoms with Gasteiger partial charge in [-0.15, -0.1) is 0 Å². The Morgan fingerprint density at radius 2 is 1.57 bits per heavy atom. The molecule has 0 aromatic rings. The van der Waals surface area contributed by atoms with E-state index >= 15 is 0 Å². The molecule has 0 saturated carbocycles. The molecule has 0 aliphatic rings. The number of aliphatic hydroxyl groups is 1. The van der Waals surface area contributed by atoms with Crippen molar-refractivity contribution in [1.82, 2.24) is 0 Å². The van der Waals surface area contributed by atoms with E-state index in [1.165, 1.54) is 38.5 Å². The van der Waals surface area contributed by atoms with Crippen molar-refractivity contribution in [1.29, 1.82) is 0 Å². The van der Waals surface area contributed by atoms with Crippen LogP contribution < -0.4 is 0 Å². The summed E-state index contributed by atoms with van der Waals surface area (Å²) in [6.07, 6.45) is 7.98. The quantitative estimate of drug-likeness (QED) is 0.479. The molecule has 0 radical (unpaired) electrons. The lowest BCUT2D eigenvalue weighted by Crippen LogP contribution is -2.30. The zero-order chi connectivity index (χ0) is 11.0. The highest BCUT2D eigenvalue weighted by molar-refractivity contribution is 6.77. The van der Waals surface area contributed by atoms with Crippen molar-refractivity contribution in [3.63, 3.8) is 0 Å². The Morgan fingerprint density at radius 1 is 1.00 bits per heavy atom. The molecule has 0 amide bonds. The van der Waals surface area contributed by atoms with Gasteiger partial charge in [-0.3, -0.25) is 0 Å². The van der Waals surface area contributed by atoms with Crippen LogP contribution in [0.2, 0.25) is 25.2 Å². The number of aliphatic hydroxyl groups excluding tert-OH is 1. The molecule has 0 rings (SSSR count). The van der Waals surface area contributed by atoms with Crippen LogP contribution in [-0.2, 0) is 0 Å². The predicted molar refractivity (Wildman–Crippen MR) is 67.6 cm³/mol. The zero-order valence-corrected chi connectivity index (χ0v) is 11.5. The molecule has 1 unspecified atom stereocenters. The van der Waals surface area contributed by atoms with Crippen molar-refractivity contribution in [2.24, 2.45) is 0 Å². The van der Waals surface area contributed by atoms with Gasteiger partial charge in [0.25, 0.3) is 0 Å². The lowest BCUT2D eigenvalue weighted by molar-refractivity contribution is 0.278. The number of rotatable bonds is 8. The van der Waals surface area contributed by atoms with Crippen LogP contribution in [0.25, 0.3) is 0 Å². The number of unbranched alkanes of at least 4 members (excludes halogenated alkanes) is 4. The standard InChI is InChI=1S/C12H28OSi/c1-5-6-7-8-9-10-12(11-13)14(2,3)4/h12-13H,5-11H2,1-4H3. The average molecular weight is 216 g/mol. The van der Waals surface area contributed by atoms with Gasteiger partial charge < -0.3 is 5.11 Å². The molecule has 0 fully saturated rings. The second-order valence-electron chi connectivity index (χ2n) is 5.45. The minimum absolute atomic E-state index is 0.406. The summed E-state index contributed by atoms with van der Waals surface area (Å²) in [5.74, 6) is 0. The SMILES string of the molecule is CCCCCCCC(CO)[Si](C)(C)C. The second kappa shape index (κ2) is 7.47. The van der Waals surface area contributed by atoms with E-state index in [2.05, 4.69) is 26.6 Å². The summed E-state index contributed by atoms with van der Waals surface area (Å²) in [4.78, 5) is 0. The zero-order valence-electron chi connectivity index (χ0n) is 10.5. The Bertz CT molecular complexity index is 129. The monoisotopic (exact) mass is 216 g/mol. The van der Waals surface area contributed by atoms with Crippen LogP contribution in [-0.4, -0.2) is 19.8 Å². The summed E-state index contributed by atoms with van der Waals surface area (Å²) in [7, 11) is -1.11. The Labute approximate surface area is 90.9 Å². The summed E-state index contributed by atoms with van der Waals surface area (Å²) in [6.45, 7) is 9.74. The second-order valence-corrected chi connectivity index (χ2v) is 11.0. The smallest absolute Gasteiger partial charge is 0.0500 e. The lowest BCUT2D eigenvalue weighted by Gasteiger charge is -2.27. The van der Waals surface area contributed by atoms with Gasteiger partial charge in [-0.25, -0.2) is 0 Å². The van der Waals surface area contributed by atoms with Gasteiger partial charge in [-0.05, 0) is 5.54 Å². The molecule has 0 aromatic heterocycles. The molecule has 0 spiro atoms. The minimum Gasteiger partial charge on any atom is -0.396 e. The molecule has 1 N–H and O–H groups in total. The third kappa shape index (κ3) is 6.60. The summed E-state index contributed by atoms with van der Waals surface area (Å²) < 4.78 is 0. The Morgan fingerprint density at radius 3 is 2.00 bits per heavy atom. The molecule has 1 nitrogen and oxygen atoms in total. The first-order valence-corrected chi connectivity index (χ1v) is 9.71. The van der Waals surface area contributed by atoms with Crippen molar-refractivity contribution in [2.75, 3.05) is 6.61 Å². The van der Waals surface area contributed by atoms with Gasteiger partial charge in [0.1, 0.15) is 0 Å². The van der Waals surface area contributed by atoms with Crippen molar-refractivity contribution in [3.05, 3.63) is 0 Å². The largest absolute Gasteiger partial charge is 0.396 e. The topological polar surface area (TPSA) is 20.2 Å². The van der Waals surface area contributed by atoms with E-state index in [0.717, 1.165) is 0 Å². The fourth-order valence-electron chi connectivity index (χ4n) is 1.79.